The second kappa shape index (κ2) is 8.16. The number of benzene rings is 1. The Bertz CT molecular complexity index is 1110. The van der Waals surface area contributed by atoms with Crippen LogP contribution in [0.2, 0.25) is 0 Å². The molecule has 1 aliphatic heterocycles. The maximum absolute atomic E-state index is 12.8. The van der Waals surface area contributed by atoms with Crippen LogP contribution in [0.1, 0.15) is 12.7 Å². The van der Waals surface area contributed by atoms with E-state index in [0.717, 1.165) is 37.6 Å². The number of para-hydroxylation sites is 2. The summed E-state index contributed by atoms with van der Waals surface area (Å²) in [6.07, 6.45) is 2.05. The highest BCUT2D eigenvalue weighted by atomic mass is 16.5. The quantitative estimate of drug-likeness (QED) is 0.680. The fourth-order valence-electron chi connectivity index (χ4n) is 3.94. The van der Waals surface area contributed by atoms with Gasteiger partial charge in [0.15, 0.2) is 0 Å². The van der Waals surface area contributed by atoms with E-state index >= 15 is 0 Å². The van der Waals surface area contributed by atoms with E-state index in [0.29, 0.717) is 36.2 Å². The zero-order valence-corrected chi connectivity index (χ0v) is 16.8. The zero-order valence-electron chi connectivity index (χ0n) is 16.8. The SMILES string of the molecule is CCc1occ2[nH]c(=O)n(CCN3CCN(c4ccccc4OC)CC3)c(=O)c12. The fraction of sp³-hybridized carbons (Fsp3) is 0.429. The topological polar surface area (TPSA) is 83.7 Å². The van der Waals surface area contributed by atoms with Gasteiger partial charge in [0.25, 0.3) is 5.56 Å². The number of H-pyrrole nitrogens is 1. The maximum atomic E-state index is 12.8. The molecule has 4 rings (SSSR count). The van der Waals surface area contributed by atoms with Gasteiger partial charge in [0.2, 0.25) is 0 Å². The second-order valence-electron chi connectivity index (χ2n) is 7.19. The van der Waals surface area contributed by atoms with Crippen molar-refractivity contribution >= 4 is 16.6 Å². The summed E-state index contributed by atoms with van der Waals surface area (Å²) in [6, 6.07) is 8.02. The molecule has 3 aromatic rings. The van der Waals surface area contributed by atoms with Gasteiger partial charge in [-0.15, -0.1) is 0 Å². The number of aromatic amines is 1. The molecule has 0 spiro atoms. The van der Waals surface area contributed by atoms with Crippen molar-refractivity contribution in [1.29, 1.82) is 0 Å². The van der Waals surface area contributed by atoms with Gasteiger partial charge >= 0.3 is 5.69 Å². The first-order valence-corrected chi connectivity index (χ1v) is 9.96. The Balaban J connectivity index is 1.43. The first kappa shape index (κ1) is 19.3. The molecular formula is C21H26N4O4. The number of fused-ring (bicyclic) bond motifs is 1. The lowest BCUT2D eigenvalue weighted by Gasteiger charge is -2.36. The molecule has 1 N–H and O–H groups in total. The summed E-state index contributed by atoms with van der Waals surface area (Å²) in [5.41, 5.74) is 0.902. The molecule has 1 saturated heterocycles. The monoisotopic (exact) mass is 398 g/mol. The number of nitrogens with one attached hydrogen (secondary N) is 1. The lowest BCUT2D eigenvalue weighted by Crippen LogP contribution is -2.48. The molecule has 0 saturated carbocycles. The van der Waals surface area contributed by atoms with Crippen LogP contribution in [0.25, 0.3) is 10.9 Å². The van der Waals surface area contributed by atoms with Crippen LogP contribution < -0.4 is 20.9 Å². The minimum absolute atomic E-state index is 0.276. The lowest BCUT2D eigenvalue weighted by molar-refractivity contribution is 0.245. The molecule has 0 atom stereocenters. The van der Waals surface area contributed by atoms with Crippen molar-refractivity contribution in [1.82, 2.24) is 14.5 Å². The van der Waals surface area contributed by atoms with Gasteiger partial charge in [-0.1, -0.05) is 19.1 Å². The summed E-state index contributed by atoms with van der Waals surface area (Å²) in [5, 5.41) is 0.480. The van der Waals surface area contributed by atoms with E-state index in [-0.39, 0.29) is 5.56 Å². The van der Waals surface area contributed by atoms with E-state index in [1.807, 2.05) is 25.1 Å². The molecule has 29 heavy (non-hydrogen) atoms. The van der Waals surface area contributed by atoms with E-state index in [9.17, 15) is 9.59 Å². The number of methoxy groups -OCH3 is 1. The van der Waals surface area contributed by atoms with Crippen LogP contribution in [-0.2, 0) is 13.0 Å². The average molecular weight is 398 g/mol. The molecule has 1 aliphatic rings. The normalized spacial score (nSPS) is 15.2. The molecule has 2 aromatic heterocycles. The first-order valence-electron chi connectivity index (χ1n) is 9.96. The zero-order chi connectivity index (χ0) is 20.4. The van der Waals surface area contributed by atoms with Gasteiger partial charge in [-0.3, -0.25) is 14.3 Å². The van der Waals surface area contributed by atoms with E-state index in [2.05, 4.69) is 20.9 Å². The molecule has 0 radical (unpaired) electrons. The largest absolute Gasteiger partial charge is 0.495 e. The van der Waals surface area contributed by atoms with Gasteiger partial charge in [-0.25, -0.2) is 4.79 Å². The van der Waals surface area contributed by atoms with E-state index in [1.165, 1.54) is 10.8 Å². The highest BCUT2D eigenvalue weighted by Crippen LogP contribution is 2.28. The first-order chi connectivity index (χ1) is 14.1. The molecule has 8 heteroatoms. The van der Waals surface area contributed by atoms with Crippen LogP contribution in [0.5, 0.6) is 5.75 Å². The van der Waals surface area contributed by atoms with E-state index < -0.39 is 5.69 Å². The lowest BCUT2D eigenvalue weighted by atomic mass is 10.2. The highest BCUT2D eigenvalue weighted by Gasteiger charge is 2.20. The molecule has 1 aromatic carbocycles. The Kier molecular flexibility index (Phi) is 5.44. The Labute approximate surface area is 168 Å². The van der Waals surface area contributed by atoms with Crippen LogP contribution in [0.4, 0.5) is 5.69 Å². The fourth-order valence-corrected chi connectivity index (χ4v) is 3.94. The van der Waals surface area contributed by atoms with Gasteiger partial charge in [-0.2, -0.15) is 0 Å². The number of hydrogen-bond acceptors (Lipinski definition) is 6. The predicted octanol–water partition coefficient (Wildman–Crippen LogP) is 1.68. The number of piperazine rings is 1. The molecule has 0 unspecified atom stereocenters. The van der Waals surface area contributed by atoms with Crippen molar-refractivity contribution in [2.45, 2.75) is 19.9 Å². The molecule has 3 heterocycles. The van der Waals surface area contributed by atoms with Crippen LogP contribution in [0.15, 0.2) is 44.5 Å². The summed E-state index contributed by atoms with van der Waals surface area (Å²) in [6.45, 7) is 6.38. The summed E-state index contributed by atoms with van der Waals surface area (Å²) in [4.78, 5) is 32.5. The van der Waals surface area contributed by atoms with Crippen molar-refractivity contribution in [2.75, 3.05) is 44.7 Å². The third kappa shape index (κ3) is 3.67. The number of rotatable bonds is 6. The Morgan fingerprint density at radius 2 is 1.86 bits per heavy atom. The smallest absolute Gasteiger partial charge is 0.328 e. The number of hydrogen-bond donors (Lipinski definition) is 1. The molecule has 0 bridgehead atoms. The summed E-state index contributed by atoms with van der Waals surface area (Å²) < 4.78 is 12.2. The van der Waals surface area contributed by atoms with Gasteiger partial charge in [0, 0.05) is 45.7 Å². The molecule has 1 fully saturated rings. The van der Waals surface area contributed by atoms with E-state index in [1.54, 1.807) is 7.11 Å². The van der Waals surface area contributed by atoms with Crippen molar-refractivity contribution in [3.8, 4) is 5.75 Å². The third-order valence-electron chi connectivity index (χ3n) is 5.57. The average Bonchev–Trinajstić information content (AvgIpc) is 3.17. The molecule has 154 valence electrons. The second-order valence-corrected chi connectivity index (χ2v) is 7.19. The number of ether oxygens (including phenoxy) is 1. The number of aryl methyl sites for hydroxylation is 1. The summed E-state index contributed by atoms with van der Waals surface area (Å²) in [5.74, 6) is 1.49. The van der Waals surface area contributed by atoms with Gasteiger partial charge in [-0.05, 0) is 12.1 Å². The third-order valence-corrected chi connectivity index (χ3v) is 5.57. The number of furan rings is 1. The van der Waals surface area contributed by atoms with Crippen molar-refractivity contribution in [3.63, 3.8) is 0 Å². The highest BCUT2D eigenvalue weighted by molar-refractivity contribution is 5.79. The maximum Gasteiger partial charge on any atom is 0.328 e. The Morgan fingerprint density at radius 3 is 2.59 bits per heavy atom. The van der Waals surface area contributed by atoms with Gasteiger partial charge < -0.3 is 19.0 Å². The van der Waals surface area contributed by atoms with Crippen molar-refractivity contribution < 1.29 is 9.15 Å². The van der Waals surface area contributed by atoms with Gasteiger partial charge in [0.05, 0.1) is 18.3 Å². The van der Waals surface area contributed by atoms with Crippen LogP contribution in [0, 0.1) is 0 Å². The minimum Gasteiger partial charge on any atom is -0.495 e. The van der Waals surface area contributed by atoms with Gasteiger partial charge in [0.1, 0.15) is 23.2 Å². The summed E-state index contributed by atoms with van der Waals surface area (Å²) >= 11 is 0. The van der Waals surface area contributed by atoms with Crippen molar-refractivity contribution in [2.24, 2.45) is 0 Å². The Morgan fingerprint density at radius 1 is 1.10 bits per heavy atom. The van der Waals surface area contributed by atoms with Crippen LogP contribution in [-0.4, -0.2) is 54.3 Å². The predicted molar refractivity (Wildman–Crippen MR) is 112 cm³/mol. The Hall–Kier alpha value is -3.00. The number of nitrogens with zero attached hydrogens (tertiary/aromatic N) is 3. The summed E-state index contributed by atoms with van der Waals surface area (Å²) in [7, 11) is 1.69. The van der Waals surface area contributed by atoms with E-state index in [4.69, 9.17) is 9.15 Å². The standard InChI is InChI=1S/C21H26N4O4/c1-3-17-19-15(14-29-17)22-21(27)25(20(19)26)13-10-23-8-11-24(12-9-23)16-6-4-5-7-18(16)28-2/h4-7,14H,3,8-13H2,1-2H3,(H,22,27). The molecular weight excluding hydrogens is 372 g/mol. The van der Waals surface area contributed by atoms with Crippen LogP contribution in [0.3, 0.4) is 0 Å². The molecule has 0 amide bonds. The van der Waals surface area contributed by atoms with Crippen molar-refractivity contribution in [3.05, 3.63) is 57.1 Å². The number of anilines is 1. The molecule has 8 nitrogen and oxygen atoms in total. The minimum atomic E-state index is -0.390. The molecule has 0 aliphatic carbocycles. The number of aromatic nitrogens is 2. The van der Waals surface area contributed by atoms with Crippen LogP contribution >= 0.6 is 0 Å².